The molecule has 2 aromatic rings. The summed E-state index contributed by atoms with van der Waals surface area (Å²) in [5, 5.41) is 0. The number of carbonyl (C=O) groups is 3. The molecular formula is C20H19NO4. The second-order valence-electron chi connectivity index (χ2n) is 5.27. The second-order valence-corrected chi connectivity index (χ2v) is 5.27. The molecule has 25 heavy (non-hydrogen) atoms. The molecule has 0 spiro atoms. The van der Waals surface area contributed by atoms with Gasteiger partial charge in [0.05, 0.1) is 12.3 Å². The number of benzene rings is 2. The van der Waals surface area contributed by atoms with E-state index in [1.807, 2.05) is 19.1 Å². The van der Waals surface area contributed by atoms with E-state index in [9.17, 15) is 14.4 Å². The summed E-state index contributed by atoms with van der Waals surface area (Å²) in [5.41, 5.74) is 1.81. The van der Waals surface area contributed by atoms with Crippen LogP contribution >= 0.6 is 0 Å². The maximum Gasteiger partial charge on any atom is 0.330 e. The van der Waals surface area contributed by atoms with E-state index >= 15 is 0 Å². The van der Waals surface area contributed by atoms with Gasteiger partial charge in [-0.1, -0.05) is 35.9 Å². The molecular weight excluding hydrogens is 318 g/mol. The van der Waals surface area contributed by atoms with Crippen molar-refractivity contribution in [2.45, 2.75) is 13.8 Å². The summed E-state index contributed by atoms with van der Waals surface area (Å²) in [7, 11) is 0. The first kappa shape index (κ1) is 18.1. The third-order valence-corrected chi connectivity index (χ3v) is 3.38. The van der Waals surface area contributed by atoms with E-state index < -0.39 is 17.8 Å². The number of anilines is 1. The minimum Gasteiger partial charge on any atom is -0.463 e. The molecule has 5 nitrogen and oxygen atoms in total. The lowest BCUT2D eigenvalue weighted by Gasteiger charge is -2.19. The van der Waals surface area contributed by atoms with Crippen LogP contribution in [0.2, 0.25) is 0 Å². The summed E-state index contributed by atoms with van der Waals surface area (Å²) in [6, 6.07) is 15.5. The van der Waals surface area contributed by atoms with Gasteiger partial charge in [0, 0.05) is 17.7 Å². The van der Waals surface area contributed by atoms with Crippen LogP contribution in [-0.4, -0.2) is 24.4 Å². The average Bonchev–Trinajstić information content (AvgIpc) is 2.62. The molecule has 2 rings (SSSR count). The van der Waals surface area contributed by atoms with Gasteiger partial charge < -0.3 is 4.74 Å². The van der Waals surface area contributed by atoms with Crippen LogP contribution in [-0.2, 0) is 14.3 Å². The zero-order valence-corrected chi connectivity index (χ0v) is 14.1. The molecule has 0 unspecified atom stereocenters. The minimum atomic E-state index is -0.633. The van der Waals surface area contributed by atoms with E-state index in [0.717, 1.165) is 22.6 Å². The number of imide groups is 1. The Morgan fingerprint density at radius 3 is 2.20 bits per heavy atom. The van der Waals surface area contributed by atoms with E-state index in [2.05, 4.69) is 0 Å². The monoisotopic (exact) mass is 337 g/mol. The van der Waals surface area contributed by atoms with E-state index in [0.29, 0.717) is 11.3 Å². The van der Waals surface area contributed by atoms with Gasteiger partial charge in [-0.25, -0.2) is 9.69 Å². The Morgan fingerprint density at radius 1 is 0.960 bits per heavy atom. The topological polar surface area (TPSA) is 63.7 Å². The molecule has 0 heterocycles. The molecule has 0 atom stereocenters. The predicted octanol–water partition coefficient (Wildman–Crippen LogP) is 3.29. The highest BCUT2D eigenvalue weighted by Gasteiger charge is 2.23. The van der Waals surface area contributed by atoms with E-state index in [4.69, 9.17) is 4.74 Å². The van der Waals surface area contributed by atoms with Gasteiger partial charge in [-0.3, -0.25) is 9.59 Å². The van der Waals surface area contributed by atoms with Crippen LogP contribution in [0.3, 0.4) is 0 Å². The molecule has 0 aliphatic carbocycles. The zero-order chi connectivity index (χ0) is 18.2. The number of rotatable bonds is 5. The van der Waals surface area contributed by atoms with Crippen molar-refractivity contribution in [1.82, 2.24) is 0 Å². The number of amides is 2. The van der Waals surface area contributed by atoms with Crippen molar-refractivity contribution in [2.24, 2.45) is 0 Å². The summed E-state index contributed by atoms with van der Waals surface area (Å²) in [6.45, 7) is 3.79. The Balaban J connectivity index is 2.35. The third kappa shape index (κ3) is 4.88. The molecule has 0 radical (unpaired) electrons. The number of hydrogen-bond donors (Lipinski definition) is 0. The van der Waals surface area contributed by atoms with Gasteiger partial charge >= 0.3 is 5.97 Å². The van der Waals surface area contributed by atoms with Crippen LogP contribution in [0.15, 0.2) is 66.7 Å². The molecule has 0 fully saturated rings. The minimum absolute atomic E-state index is 0.210. The lowest BCUT2D eigenvalue weighted by Crippen LogP contribution is -2.36. The molecule has 0 saturated carbocycles. The van der Waals surface area contributed by atoms with Crippen LogP contribution < -0.4 is 4.90 Å². The molecule has 2 amide bonds. The van der Waals surface area contributed by atoms with Crippen molar-refractivity contribution in [3.8, 4) is 0 Å². The summed E-state index contributed by atoms with van der Waals surface area (Å²) < 4.78 is 4.76. The summed E-state index contributed by atoms with van der Waals surface area (Å²) >= 11 is 0. The van der Waals surface area contributed by atoms with Gasteiger partial charge in [0.2, 0.25) is 0 Å². The van der Waals surface area contributed by atoms with Gasteiger partial charge in [-0.2, -0.15) is 0 Å². The number of carbonyl (C=O) groups excluding carboxylic acids is 3. The van der Waals surface area contributed by atoms with Crippen molar-refractivity contribution in [1.29, 1.82) is 0 Å². The van der Waals surface area contributed by atoms with Gasteiger partial charge in [0.15, 0.2) is 0 Å². The molecule has 5 heteroatoms. The van der Waals surface area contributed by atoms with E-state index in [1.165, 1.54) is 0 Å². The largest absolute Gasteiger partial charge is 0.463 e. The fourth-order valence-corrected chi connectivity index (χ4v) is 2.15. The number of hydrogen-bond acceptors (Lipinski definition) is 4. The SMILES string of the molecule is CCOC(=O)/C=C\C(=O)N(C(=O)c1ccccc1)c1ccc(C)cc1. The Kier molecular flexibility index (Phi) is 6.23. The first-order valence-electron chi connectivity index (χ1n) is 7.88. The maximum absolute atomic E-state index is 12.8. The Labute approximate surface area is 146 Å². The van der Waals surface area contributed by atoms with Crippen LogP contribution in [0, 0.1) is 6.92 Å². The Hall–Kier alpha value is -3.21. The average molecular weight is 337 g/mol. The van der Waals surface area contributed by atoms with Crippen LogP contribution in [0.4, 0.5) is 5.69 Å². The molecule has 0 saturated heterocycles. The highest BCUT2D eigenvalue weighted by Crippen LogP contribution is 2.19. The van der Waals surface area contributed by atoms with Crippen LogP contribution in [0.1, 0.15) is 22.8 Å². The van der Waals surface area contributed by atoms with Crippen LogP contribution in [0.25, 0.3) is 0 Å². The van der Waals surface area contributed by atoms with Crippen molar-refractivity contribution >= 4 is 23.5 Å². The quantitative estimate of drug-likeness (QED) is 0.620. The summed E-state index contributed by atoms with van der Waals surface area (Å²) in [4.78, 5) is 37.8. The van der Waals surface area contributed by atoms with Gasteiger partial charge in [-0.05, 0) is 38.1 Å². The van der Waals surface area contributed by atoms with Gasteiger partial charge in [-0.15, -0.1) is 0 Å². The molecule has 0 bridgehead atoms. The highest BCUT2D eigenvalue weighted by molar-refractivity contribution is 6.24. The summed E-state index contributed by atoms with van der Waals surface area (Å²) in [6.07, 6.45) is 2.06. The van der Waals surface area contributed by atoms with E-state index in [-0.39, 0.29) is 6.61 Å². The van der Waals surface area contributed by atoms with Crippen LogP contribution in [0.5, 0.6) is 0 Å². The number of esters is 1. The van der Waals surface area contributed by atoms with Crippen molar-refractivity contribution in [3.05, 3.63) is 77.9 Å². The Bertz CT molecular complexity index is 779. The second kappa shape index (κ2) is 8.59. The maximum atomic E-state index is 12.8. The predicted molar refractivity (Wildman–Crippen MR) is 95.2 cm³/mol. The lowest BCUT2D eigenvalue weighted by molar-refractivity contribution is -0.137. The van der Waals surface area contributed by atoms with Crippen molar-refractivity contribution < 1.29 is 19.1 Å². The standard InChI is InChI=1S/C20H19NO4/c1-3-25-19(23)14-13-18(22)21(17-11-9-15(2)10-12-17)20(24)16-7-5-4-6-8-16/h4-14H,3H2,1-2H3/b14-13-. The lowest BCUT2D eigenvalue weighted by atomic mass is 10.1. The number of nitrogens with zero attached hydrogens (tertiary/aromatic N) is 1. The first-order valence-corrected chi connectivity index (χ1v) is 7.88. The molecule has 0 N–H and O–H groups in total. The highest BCUT2D eigenvalue weighted by atomic mass is 16.5. The van der Waals surface area contributed by atoms with Gasteiger partial charge in [0.25, 0.3) is 11.8 Å². The normalized spacial score (nSPS) is 10.5. The summed E-state index contributed by atoms with van der Waals surface area (Å²) in [5.74, 6) is -1.72. The number of ether oxygens (including phenoxy) is 1. The molecule has 128 valence electrons. The fourth-order valence-electron chi connectivity index (χ4n) is 2.15. The first-order chi connectivity index (χ1) is 12.0. The third-order valence-electron chi connectivity index (χ3n) is 3.38. The molecule has 0 aromatic heterocycles. The number of aryl methyl sites for hydroxylation is 1. The Morgan fingerprint density at radius 2 is 1.60 bits per heavy atom. The smallest absolute Gasteiger partial charge is 0.330 e. The fraction of sp³-hybridized carbons (Fsp3) is 0.150. The molecule has 2 aromatic carbocycles. The van der Waals surface area contributed by atoms with Crippen molar-refractivity contribution in [3.63, 3.8) is 0 Å². The molecule has 0 aliphatic heterocycles. The van der Waals surface area contributed by atoms with Gasteiger partial charge in [0.1, 0.15) is 0 Å². The molecule has 0 aliphatic rings. The van der Waals surface area contributed by atoms with Crippen molar-refractivity contribution in [2.75, 3.05) is 11.5 Å². The zero-order valence-electron chi connectivity index (χ0n) is 14.1. The van der Waals surface area contributed by atoms with E-state index in [1.54, 1.807) is 49.4 Å².